The molecule has 4 atom stereocenters. The van der Waals surface area contributed by atoms with Crippen LogP contribution in [0.4, 0.5) is 0 Å². The van der Waals surface area contributed by atoms with Crippen molar-refractivity contribution in [1.29, 1.82) is 0 Å². The summed E-state index contributed by atoms with van der Waals surface area (Å²) in [5.74, 6) is 0. The second-order valence-corrected chi connectivity index (χ2v) is 17.9. The fourth-order valence-corrected chi connectivity index (χ4v) is 10.5. The molecule has 2 heterocycles. The van der Waals surface area contributed by atoms with Gasteiger partial charge in [-0.15, -0.1) is 0 Å². The number of likely N-dealkylation sites (N-methyl/N-ethyl adjacent to an activating group) is 1. The van der Waals surface area contributed by atoms with Crippen molar-refractivity contribution in [2.75, 3.05) is 7.05 Å². The van der Waals surface area contributed by atoms with E-state index in [1.165, 1.54) is 88.7 Å². The van der Waals surface area contributed by atoms with Gasteiger partial charge in [-0.05, 0) is 109 Å². The third-order valence-electron chi connectivity index (χ3n) is 13.9. The lowest BCUT2D eigenvalue weighted by atomic mass is 9.86. The quantitative estimate of drug-likeness (QED) is 0.142. The third-order valence-corrected chi connectivity index (χ3v) is 13.9. The second-order valence-electron chi connectivity index (χ2n) is 17.9. The van der Waals surface area contributed by atoms with E-state index in [1.54, 1.807) is 0 Å². The lowest BCUT2D eigenvalue weighted by molar-refractivity contribution is 0.195. The molecule has 3 N–H and O–H groups in total. The van der Waals surface area contributed by atoms with Gasteiger partial charge in [0.25, 0.3) is 0 Å². The molecule has 4 unspecified atom stereocenters. The van der Waals surface area contributed by atoms with E-state index in [2.05, 4.69) is 271 Å². The topological polar surface area (TPSA) is 39.3 Å². The molecular formula is C63H50N4. The molecular weight excluding hydrogens is 813 g/mol. The maximum absolute atomic E-state index is 4.11. The molecule has 4 nitrogen and oxygen atoms in total. The number of hydrogen-bond acceptors (Lipinski definition) is 4. The van der Waals surface area contributed by atoms with Crippen molar-refractivity contribution < 1.29 is 0 Å². The Morgan fingerprint density at radius 3 is 1.46 bits per heavy atom. The van der Waals surface area contributed by atoms with Crippen LogP contribution in [-0.4, -0.2) is 24.0 Å². The van der Waals surface area contributed by atoms with Crippen molar-refractivity contribution in [2.24, 2.45) is 0 Å². The smallest absolute Gasteiger partial charge is 0.106 e. The molecule has 0 saturated heterocycles. The molecule has 4 aliphatic rings. The van der Waals surface area contributed by atoms with Crippen molar-refractivity contribution in [3.05, 3.63) is 276 Å². The summed E-state index contributed by atoms with van der Waals surface area (Å²) < 4.78 is 0. The van der Waals surface area contributed by atoms with E-state index in [9.17, 15) is 0 Å². The van der Waals surface area contributed by atoms with Crippen LogP contribution in [0.5, 0.6) is 0 Å². The maximum Gasteiger partial charge on any atom is 0.106 e. The average molecular weight is 863 g/mol. The summed E-state index contributed by atoms with van der Waals surface area (Å²) in [6.07, 6.45) is 17.6. The Morgan fingerprint density at radius 2 is 0.851 bits per heavy atom. The van der Waals surface area contributed by atoms with Gasteiger partial charge >= 0.3 is 0 Å². The summed E-state index contributed by atoms with van der Waals surface area (Å²) in [5.41, 5.74) is 19.3. The van der Waals surface area contributed by atoms with Crippen LogP contribution in [0.15, 0.2) is 254 Å². The Bertz CT molecular complexity index is 3370. The van der Waals surface area contributed by atoms with Gasteiger partial charge in [0.15, 0.2) is 0 Å². The second kappa shape index (κ2) is 17.4. The monoisotopic (exact) mass is 862 g/mol. The molecule has 0 saturated carbocycles. The number of fused-ring (bicyclic) bond motifs is 3. The minimum atomic E-state index is -0.117. The van der Waals surface area contributed by atoms with Crippen LogP contribution in [0.25, 0.3) is 66.7 Å². The van der Waals surface area contributed by atoms with E-state index in [0.29, 0.717) is 0 Å². The van der Waals surface area contributed by atoms with Crippen molar-refractivity contribution >= 4 is 22.2 Å². The van der Waals surface area contributed by atoms with E-state index < -0.39 is 0 Å². The summed E-state index contributed by atoms with van der Waals surface area (Å²) in [6, 6.07) is 70.7. The summed E-state index contributed by atoms with van der Waals surface area (Å²) in [6.45, 7) is 0. The van der Waals surface area contributed by atoms with Gasteiger partial charge in [-0.25, -0.2) is 0 Å². The first-order valence-electron chi connectivity index (χ1n) is 23.4. The highest BCUT2D eigenvalue weighted by Crippen LogP contribution is 2.42. The third kappa shape index (κ3) is 7.66. The first-order chi connectivity index (χ1) is 33.1. The highest BCUT2D eigenvalue weighted by molar-refractivity contribution is 6.02. The SMILES string of the molecule is CN1C2C=CC=CC2=C(c2ccc(C3=C4C=CC=CC4NC(c4cccc(-c5cccc(-c6ccccc6)c5)c4)N3)c3ccccc23)NC1c1cccc(-c2cccc(-c3ccccc3)c2)c1. The van der Waals surface area contributed by atoms with Crippen molar-refractivity contribution in [1.82, 2.24) is 20.9 Å². The fourth-order valence-electron chi connectivity index (χ4n) is 10.5. The van der Waals surface area contributed by atoms with Crippen molar-refractivity contribution in [2.45, 2.75) is 24.4 Å². The predicted octanol–water partition coefficient (Wildman–Crippen LogP) is 14.0. The van der Waals surface area contributed by atoms with Gasteiger partial charge in [0.2, 0.25) is 0 Å². The average Bonchev–Trinajstić information content (AvgIpc) is 3.41. The summed E-state index contributed by atoms with van der Waals surface area (Å²) in [7, 11) is 2.24. The fraction of sp³-hybridized carbons (Fsp3) is 0.0794. The molecule has 8 aromatic carbocycles. The van der Waals surface area contributed by atoms with Gasteiger partial charge in [-0.2, -0.15) is 0 Å². The molecule has 0 aromatic heterocycles. The molecule has 0 bridgehead atoms. The van der Waals surface area contributed by atoms with Crippen LogP contribution in [0.3, 0.4) is 0 Å². The number of hydrogen-bond donors (Lipinski definition) is 3. The highest BCUT2D eigenvalue weighted by atomic mass is 15.3. The van der Waals surface area contributed by atoms with E-state index in [-0.39, 0.29) is 24.4 Å². The molecule has 322 valence electrons. The lowest BCUT2D eigenvalue weighted by Gasteiger charge is -2.43. The van der Waals surface area contributed by atoms with Crippen LogP contribution in [0.1, 0.15) is 34.6 Å². The zero-order valence-electron chi connectivity index (χ0n) is 37.4. The Kier molecular flexibility index (Phi) is 10.5. The molecule has 67 heavy (non-hydrogen) atoms. The Morgan fingerprint density at radius 1 is 0.388 bits per heavy atom. The van der Waals surface area contributed by atoms with Gasteiger partial charge < -0.3 is 10.6 Å². The minimum Gasteiger partial charge on any atom is -0.365 e. The summed E-state index contributed by atoms with van der Waals surface area (Å²) >= 11 is 0. The Balaban J connectivity index is 0.900. The van der Waals surface area contributed by atoms with Gasteiger partial charge in [-0.1, -0.05) is 218 Å². The molecule has 0 amide bonds. The number of rotatable bonds is 8. The molecule has 2 aliphatic carbocycles. The molecule has 0 spiro atoms. The number of nitrogens with one attached hydrogen (secondary N) is 3. The Hall–Kier alpha value is -8.02. The highest BCUT2D eigenvalue weighted by Gasteiger charge is 2.35. The van der Waals surface area contributed by atoms with Crippen LogP contribution in [0.2, 0.25) is 0 Å². The predicted molar refractivity (Wildman–Crippen MR) is 279 cm³/mol. The number of benzene rings is 8. The molecule has 2 aliphatic heterocycles. The first kappa shape index (κ1) is 40.5. The summed E-state index contributed by atoms with van der Waals surface area (Å²) in [4.78, 5) is 2.46. The zero-order valence-corrected chi connectivity index (χ0v) is 37.4. The molecule has 8 aromatic rings. The van der Waals surface area contributed by atoms with Crippen LogP contribution in [0, 0.1) is 0 Å². The minimum absolute atomic E-state index is 0.0486. The number of nitrogens with zero attached hydrogens (tertiary/aromatic N) is 1. The van der Waals surface area contributed by atoms with E-state index in [1.807, 2.05) is 0 Å². The molecule has 0 radical (unpaired) electrons. The van der Waals surface area contributed by atoms with Gasteiger partial charge in [0.05, 0.1) is 12.1 Å². The van der Waals surface area contributed by atoms with Gasteiger partial charge in [-0.3, -0.25) is 10.2 Å². The lowest BCUT2D eigenvalue weighted by Crippen LogP contribution is -2.47. The van der Waals surface area contributed by atoms with E-state index in [4.69, 9.17) is 0 Å². The molecule has 12 rings (SSSR count). The summed E-state index contributed by atoms with van der Waals surface area (Å²) in [5, 5.41) is 14.5. The molecule has 0 fully saturated rings. The standard InChI is InChI=1S/C63H50N4/c1-67-59-35-13-11-33-57(59)61(66-63(67)51-29-17-27-49(41-51)47-25-15-23-45(39-47)43-20-6-3-7-21-43)55-37-36-54(52-30-8-9-31-53(52)55)60-56-32-10-12-34-58(56)64-62(65-60)50-28-16-26-48(40-50)46-24-14-22-44(38-46)42-18-4-2-5-19-42/h2-41,58-59,62-66H,1H3. The largest absolute Gasteiger partial charge is 0.365 e. The van der Waals surface area contributed by atoms with E-state index >= 15 is 0 Å². The number of allylic oxidation sites excluding steroid dienone is 4. The molecule has 4 heteroatoms. The maximum atomic E-state index is 4.11. The zero-order chi connectivity index (χ0) is 44.7. The van der Waals surface area contributed by atoms with Crippen LogP contribution >= 0.6 is 0 Å². The van der Waals surface area contributed by atoms with Gasteiger partial charge in [0.1, 0.15) is 12.3 Å². The van der Waals surface area contributed by atoms with Crippen LogP contribution in [-0.2, 0) is 0 Å². The first-order valence-corrected chi connectivity index (χ1v) is 23.4. The van der Waals surface area contributed by atoms with Crippen LogP contribution < -0.4 is 16.0 Å². The van der Waals surface area contributed by atoms with E-state index in [0.717, 1.165) is 11.4 Å². The Labute approximate surface area is 393 Å². The normalized spacial score (nSPS) is 19.8. The van der Waals surface area contributed by atoms with Crippen molar-refractivity contribution in [3.8, 4) is 44.5 Å². The van der Waals surface area contributed by atoms with Gasteiger partial charge in [0, 0.05) is 22.5 Å². The van der Waals surface area contributed by atoms with Crippen molar-refractivity contribution in [3.63, 3.8) is 0 Å².